The predicted molar refractivity (Wildman–Crippen MR) is 78.4 cm³/mol. The summed E-state index contributed by atoms with van der Waals surface area (Å²) < 4.78 is 0. The topological polar surface area (TPSA) is 43.1 Å². The molecule has 0 atom stereocenters. The van der Waals surface area contributed by atoms with Crippen LogP contribution in [0.3, 0.4) is 0 Å². The normalized spacial score (nSPS) is 14.8. The number of primary amides is 1. The molecule has 1 fully saturated rings. The number of carbonyl (C=O) groups is 1. The van der Waals surface area contributed by atoms with Crippen LogP contribution in [0.5, 0.6) is 0 Å². The third-order valence-corrected chi connectivity index (χ3v) is 3.72. The maximum atomic E-state index is 11.1. The predicted octanol–water partition coefficient (Wildman–Crippen LogP) is 3.96. The van der Waals surface area contributed by atoms with Gasteiger partial charge in [-0.25, -0.2) is 24.3 Å². The van der Waals surface area contributed by atoms with E-state index in [4.69, 9.17) is 5.73 Å². The second-order valence-corrected chi connectivity index (χ2v) is 5.06. The molecule has 0 spiro atoms. The Bertz CT molecular complexity index is 464. The molecule has 0 unspecified atom stereocenters. The summed E-state index contributed by atoms with van der Waals surface area (Å²) in [6.45, 7) is 0. The van der Waals surface area contributed by atoms with Crippen LogP contribution in [-0.2, 0) is 17.1 Å². The summed E-state index contributed by atoms with van der Waals surface area (Å²) in [7, 11) is 0. The third-order valence-electron chi connectivity index (χ3n) is 3.72. The fourth-order valence-electron chi connectivity index (χ4n) is 2.75. The standard InChI is InChI=1S/C12H16NO.C5H5.Fe/c13-12(14)11-8-4-7-10(11)9-5-2-1-3-6-9;1-2-4-5-3-1;/h4,7-9H,1-3,5-6H2,(H2,13,14);1-5H;/q2*-1;+2. The van der Waals surface area contributed by atoms with Crippen molar-refractivity contribution in [2.45, 2.75) is 38.0 Å². The van der Waals surface area contributed by atoms with E-state index in [1.54, 1.807) is 0 Å². The summed E-state index contributed by atoms with van der Waals surface area (Å²) >= 11 is 0. The Balaban J connectivity index is 0.000000283. The van der Waals surface area contributed by atoms with Gasteiger partial charge in [0.2, 0.25) is 0 Å². The summed E-state index contributed by atoms with van der Waals surface area (Å²) in [5, 5.41) is 0. The van der Waals surface area contributed by atoms with Crippen LogP contribution in [0.1, 0.15) is 53.9 Å². The molecule has 0 radical (unpaired) electrons. The van der Waals surface area contributed by atoms with Crippen molar-refractivity contribution in [2.24, 2.45) is 5.73 Å². The van der Waals surface area contributed by atoms with Crippen LogP contribution >= 0.6 is 0 Å². The summed E-state index contributed by atoms with van der Waals surface area (Å²) in [4.78, 5) is 11.1. The van der Waals surface area contributed by atoms with Gasteiger partial charge in [-0.1, -0.05) is 24.8 Å². The van der Waals surface area contributed by atoms with Gasteiger partial charge >= 0.3 is 17.1 Å². The Labute approximate surface area is 131 Å². The zero-order valence-electron chi connectivity index (χ0n) is 11.6. The minimum atomic E-state index is -0.282. The Hall–Kier alpha value is -1.31. The van der Waals surface area contributed by atoms with Gasteiger partial charge in [-0.2, -0.15) is 29.8 Å². The van der Waals surface area contributed by atoms with Crippen LogP contribution in [0.2, 0.25) is 0 Å². The molecule has 20 heavy (non-hydrogen) atoms. The van der Waals surface area contributed by atoms with E-state index in [1.165, 1.54) is 37.7 Å². The maximum absolute atomic E-state index is 11.1. The molecule has 2 N–H and O–H groups in total. The largest absolute Gasteiger partial charge is 2.00 e. The number of rotatable bonds is 2. The van der Waals surface area contributed by atoms with Crippen molar-refractivity contribution in [1.29, 1.82) is 0 Å². The minimum absolute atomic E-state index is 0. The quantitative estimate of drug-likeness (QED) is 0.662. The minimum Gasteiger partial charge on any atom is -0.376 e. The molecule has 1 amide bonds. The Morgan fingerprint density at radius 2 is 1.80 bits per heavy atom. The van der Waals surface area contributed by atoms with Gasteiger partial charge in [-0.05, 0) is 18.8 Å². The number of carbonyl (C=O) groups excluding carboxylic acids is 1. The summed E-state index contributed by atoms with van der Waals surface area (Å²) in [6, 6.07) is 15.8. The molecule has 3 heteroatoms. The molecule has 2 nitrogen and oxygen atoms in total. The van der Waals surface area contributed by atoms with E-state index in [9.17, 15) is 4.79 Å². The molecule has 1 saturated carbocycles. The first kappa shape index (κ1) is 16.7. The van der Waals surface area contributed by atoms with E-state index in [2.05, 4.69) is 6.07 Å². The van der Waals surface area contributed by atoms with Crippen molar-refractivity contribution in [3.63, 3.8) is 0 Å². The van der Waals surface area contributed by atoms with Gasteiger partial charge in [-0.3, -0.25) is 4.79 Å². The van der Waals surface area contributed by atoms with E-state index in [-0.39, 0.29) is 23.0 Å². The summed E-state index contributed by atoms with van der Waals surface area (Å²) in [6.07, 6.45) is 6.33. The number of hydrogen-bond donors (Lipinski definition) is 1. The van der Waals surface area contributed by atoms with E-state index in [0.29, 0.717) is 5.92 Å². The molecular formula is C17H21FeNO. The zero-order valence-corrected chi connectivity index (χ0v) is 12.7. The average molecular weight is 311 g/mol. The molecule has 2 aromatic rings. The zero-order chi connectivity index (χ0) is 13.5. The van der Waals surface area contributed by atoms with Crippen LogP contribution in [0.4, 0.5) is 0 Å². The van der Waals surface area contributed by atoms with E-state index >= 15 is 0 Å². The monoisotopic (exact) mass is 311 g/mol. The van der Waals surface area contributed by atoms with E-state index < -0.39 is 0 Å². The van der Waals surface area contributed by atoms with Gasteiger partial charge < -0.3 is 5.73 Å². The molecule has 0 aliphatic heterocycles. The van der Waals surface area contributed by atoms with E-state index in [1.807, 2.05) is 42.5 Å². The van der Waals surface area contributed by atoms with Gasteiger partial charge in [0.15, 0.2) is 5.91 Å². The molecule has 1 aliphatic carbocycles. The molecule has 3 rings (SSSR count). The van der Waals surface area contributed by atoms with Crippen molar-refractivity contribution in [2.75, 3.05) is 0 Å². The van der Waals surface area contributed by atoms with Crippen LogP contribution in [0.15, 0.2) is 48.5 Å². The SMILES string of the molecule is NC(=O)[c-]1cccc1C1CCCCC1.[Fe+2].c1cc[cH-]c1. The van der Waals surface area contributed by atoms with Crippen molar-refractivity contribution in [1.82, 2.24) is 0 Å². The van der Waals surface area contributed by atoms with Crippen molar-refractivity contribution >= 4 is 5.91 Å². The molecule has 2 aromatic carbocycles. The molecule has 0 saturated heterocycles. The second kappa shape index (κ2) is 8.78. The third kappa shape index (κ3) is 4.66. The maximum Gasteiger partial charge on any atom is 2.00 e. The van der Waals surface area contributed by atoms with Crippen LogP contribution < -0.4 is 5.73 Å². The van der Waals surface area contributed by atoms with Gasteiger partial charge in [-0.15, -0.1) is 0 Å². The molecule has 0 aromatic heterocycles. The number of amides is 1. The first-order valence-electron chi connectivity index (χ1n) is 7.01. The first-order valence-corrected chi connectivity index (χ1v) is 7.01. The molecular weight excluding hydrogens is 290 g/mol. The number of hydrogen-bond acceptors (Lipinski definition) is 1. The smallest absolute Gasteiger partial charge is 0.376 e. The van der Waals surface area contributed by atoms with Crippen molar-refractivity contribution in [3.05, 3.63) is 59.7 Å². The second-order valence-electron chi connectivity index (χ2n) is 5.06. The van der Waals surface area contributed by atoms with Gasteiger partial charge in [0, 0.05) is 0 Å². The Morgan fingerprint density at radius 1 is 1.15 bits per heavy atom. The Morgan fingerprint density at radius 3 is 2.30 bits per heavy atom. The summed E-state index contributed by atoms with van der Waals surface area (Å²) in [5.74, 6) is 0.289. The van der Waals surface area contributed by atoms with Crippen LogP contribution in [-0.4, -0.2) is 5.91 Å². The van der Waals surface area contributed by atoms with Crippen LogP contribution in [0.25, 0.3) is 0 Å². The molecule has 1 aliphatic rings. The summed E-state index contributed by atoms with van der Waals surface area (Å²) in [5.41, 5.74) is 7.24. The van der Waals surface area contributed by atoms with E-state index in [0.717, 1.165) is 5.56 Å². The average Bonchev–Trinajstić information content (AvgIpc) is 3.14. The molecule has 108 valence electrons. The fourth-order valence-corrected chi connectivity index (χ4v) is 2.75. The number of nitrogens with two attached hydrogens (primary N) is 1. The van der Waals surface area contributed by atoms with Gasteiger partial charge in [0.1, 0.15) is 0 Å². The van der Waals surface area contributed by atoms with Crippen LogP contribution in [0, 0.1) is 0 Å². The Kier molecular flexibility index (Phi) is 7.35. The first-order chi connectivity index (χ1) is 9.29. The van der Waals surface area contributed by atoms with Gasteiger partial charge in [0.25, 0.3) is 0 Å². The van der Waals surface area contributed by atoms with Crippen molar-refractivity contribution < 1.29 is 21.9 Å². The molecule has 0 heterocycles. The molecule has 0 bridgehead atoms. The van der Waals surface area contributed by atoms with Gasteiger partial charge in [0.05, 0.1) is 0 Å². The fraction of sp³-hybridized carbons (Fsp3) is 0.353. The van der Waals surface area contributed by atoms with Crippen molar-refractivity contribution in [3.8, 4) is 0 Å².